The zero-order valence-corrected chi connectivity index (χ0v) is 7.29. The lowest BCUT2D eigenvalue weighted by molar-refractivity contribution is -0.158. The molecule has 12 heavy (non-hydrogen) atoms. The van der Waals surface area contributed by atoms with Crippen LogP contribution in [0.1, 0.15) is 13.8 Å². The van der Waals surface area contributed by atoms with E-state index in [1.165, 1.54) is 13.0 Å². The lowest BCUT2D eigenvalue weighted by Gasteiger charge is -2.04. The van der Waals surface area contributed by atoms with Crippen molar-refractivity contribution < 1.29 is 14.3 Å². The summed E-state index contributed by atoms with van der Waals surface area (Å²) in [5.41, 5.74) is 0.208. The van der Waals surface area contributed by atoms with Crippen molar-refractivity contribution in [2.24, 2.45) is 5.92 Å². The highest BCUT2D eigenvalue weighted by Gasteiger charge is 2.15. The van der Waals surface area contributed by atoms with Crippen LogP contribution in [0.5, 0.6) is 0 Å². The molecule has 0 saturated carbocycles. The Morgan fingerprint density at radius 2 is 2.00 bits per heavy atom. The van der Waals surface area contributed by atoms with E-state index in [-0.39, 0.29) is 5.57 Å². The lowest BCUT2D eigenvalue weighted by Crippen LogP contribution is -2.17. The van der Waals surface area contributed by atoms with Gasteiger partial charge >= 0.3 is 11.9 Å². The highest BCUT2D eigenvalue weighted by molar-refractivity contribution is 5.96. The molecule has 0 spiro atoms. The molecule has 0 aromatic carbocycles. The third kappa shape index (κ3) is 3.14. The first kappa shape index (κ1) is 10.6. The maximum Gasteiger partial charge on any atom is 0.340 e. The molecule has 0 radical (unpaired) electrons. The van der Waals surface area contributed by atoms with E-state index in [1.54, 1.807) is 6.92 Å². The van der Waals surface area contributed by atoms with Crippen LogP contribution in [0.4, 0.5) is 0 Å². The SMILES string of the molecule is C=CC(C)C(=O)OC(=O)C(=C)C. The fourth-order valence-corrected chi connectivity index (χ4v) is 0.368. The van der Waals surface area contributed by atoms with E-state index in [0.717, 1.165) is 0 Å². The quantitative estimate of drug-likeness (QED) is 0.277. The fraction of sp³-hybridized carbons (Fsp3) is 0.333. The minimum absolute atomic E-state index is 0.208. The van der Waals surface area contributed by atoms with Gasteiger partial charge in [-0.05, 0) is 13.8 Å². The Morgan fingerprint density at radius 3 is 2.33 bits per heavy atom. The molecule has 0 saturated heterocycles. The number of carbonyl (C=O) groups excluding carboxylic acids is 2. The van der Waals surface area contributed by atoms with Gasteiger partial charge < -0.3 is 4.74 Å². The summed E-state index contributed by atoms with van der Waals surface area (Å²) in [6, 6.07) is 0. The maximum absolute atomic E-state index is 10.9. The molecule has 66 valence electrons. The van der Waals surface area contributed by atoms with Crippen LogP contribution in [0.15, 0.2) is 24.8 Å². The summed E-state index contributed by atoms with van der Waals surface area (Å²) in [5.74, 6) is -1.75. The van der Waals surface area contributed by atoms with Crippen molar-refractivity contribution in [1.29, 1.82) is 0 Å². The number of hydrogen-bond acceptors (Lipinski definition) is 3. The van der Waals surface area contributed by atoms with Crippen LogP contribution >= 0.6 is 0 Å². The summed E-state index contributed by atoms with van der Waals surface area (Å²) in [5, 5.41) is 0. The second-order valence-corrected chi connectivity index (χ2v) is 2.51. The fourth-order valence-electron chi connectivity index (χ4n) is 0.368. The predicted molar refractivity (Wildman–Crippen MR) is 45.3 cm³/mol. The van der Waals surface area contributed by atoms with Gasteiger partial charge in [0.1, 0.15) is 0 Å². The van der Waals surface area contributed by atoms with Crippen LogP contribution in [0.2, 0.25) is 0 Å². The van der Waals surface area contributed by atoms with Crippen LogP contribution in [0.3, 0.4) is 0 Å². The van der Waals surface area contributed by atoms with Gasteiger partial charge in [0.15, 0.2) is 0 Å². The largest absolute Gasteiger partial charge is 0.389 e. The molecule has 0 aromatic heterocycles. The van der Waals surface area contributed by atoms with Crippen molar-refractivity contribution in [3.63, 3.8) is 0 Å². The van der Waals surface area contributed by atoms with Gasteiger partial charge in [0.2, 0.25) is 0 Å². The second kappa shape index (κ2) is 4.49. The van der Waals surface area contributed by atoms with Crippen LogP contribution in [-0.4, -0.2) is 11.9 Å². The number of hydrogen-bond donors (Lipinski definition) is 0. The number of carbonyl (C=O) groups is 2. The summed E-state index contributed by atoms with van der Waals surface area (Å²) >= 11 is 0. The Balaban J connectivity index is 4.10. The summed E-state index contributed by atoms with van der Waals surface area (Å²) < 4.78 is 4.42. The Bertz CT molecular complexity index is 228. The van der Waals surface area contributed by atoms with Gasteiger partial charge in [0.25, 0.3) is 0 Å². The second-order valence-electron chi connectivity index (χ2n) is 2.51. The van der Waals surface area contributed by atoms with Crippen LogP contribution in [0.25, 0.3) is 0 Å². The van der Waals surface area contributed by atoms with Crippen molar-refractivity contribution in [3.05, 3.63) is 24.8 Å². The smallest absolute Gasteiger partial charge is 0.340 e. The van der Waals surface area contributed by atoms with Gasteiger partial charge in [0, 0.05) is 5.57 Å². The maximum atomic E-state index is 10.9. The molecule has 1 unspecified atom stereocenters. The monoisotopic (exact) mass is 168 g/mol. The molecule has 0 aliphatic heterocycles. The molecular formula is C9H12O3. The molecule has 0 aliphatic carbocycles. The Labute approximate surface area is 71.7 Å². The summed E-state index contributed by atoms with van der Waals surface area (Å²) in [4.78, 5) is 21.7. The minimum Gasteiger partial charge on any atom is -0.389 e. The zero-order chi connectivity index (χ0) is 9.72. The van der Waals surface area contributed by atoms with E-state index in [4.69, 9.17) is 0 Å². The number of esters is 2. The topological polar surface area (TPSA) is 43.4 Å². The Morgan fingerprint density at radius 1 is 1.50 bits per heavy atom. The van der Waals surface area contributed by atoms with Crippen LogP contribution in [-0.2, 0) is 14.3 Å². The number of rotatable bonds is 3. The molecular weight excluding hydrogens is 156 g/mol. The lowest BCUT2D eigenvalue weighted by atomic mass is 10.2. The van der Waals surface area contributed by atoms with Gasteiger partial charge in [-0.3, -0.25) is 4.79 Å². The molecule has 0 bridgehead atoms. The minimum atomic E-state index is -0.686. The molecule has 3 nitrogen and oxygen atoms in total. The van der Waals surface area contributed by atoms with Crippen molar-refractivity contribution in [2.75, 3.05) is 0 Å². The van der Waals surface area contributed by atoms with Gasteiger partial charge in [-0.15, -0.1) is 6.58 Å². The predicted octanol–water partition coefficient (Wildman–Crippen LogP) is 1.45. The third-order valence-corrected chi connectivity index (χ3v) is 1.27. The Kier molecular flexibility index (Phi) is 3.97. The van der Waals surface area contributed by atoms with E-state index in [9.17, 15) is 9.59 Å². The molecule has 1 atom stereocenters. The van der Waals surface area contributed by atoms with Gasteiger partial charge in [-0.25, -0.2) is 4.79 Å². The first-order valence-corrected chi connectivity index (χ1v) is 3.53. The summed E-state index contributed by atoms with van der Waals surface area (Å²) in [6.45, 7) is 9.82. The summed E-state index contributed by atoms with van der Waals surface area (Å²) in [7, 11) is 0. The highest BCUT2D eigenvalue weighted by Crippen LogP contribution is 2.01. The van der Waals surface area contributed by atoms with Crippen molar-refractivity contribution >= 4 is 11.9 Å². The van der Waals surface area contributed by atoms with E-state index >= 15 is 0 Å². The average molecular weight is 168 g/mol. The molecule has 3 heteroatoms. The first-order valence-electron chi connectivity index (χ1n) is 3.53. The molecule has 0 fully saturated rings. The van der Waals surface area contributed by atoms with Gasteiger partial charge in [-0.1, -0.05) is 12.7 Å². The molecule has 0 N–H and O–H groups in total. The first-order chi connectivity index (χ1) is 5.49. The van der Waals surface area contributed by atoms with E-state index in [0.29, 0.717) is 0 Å². The molecule has 0 aliphatic rings. The van der Waals surface area contributed by atoms with Crippen molar-refractivity contribution in [1.82, 2.24) is 0 Å². The van der Waals surface area contributed by atoms with Crippen LogP contribution < -0.4 is 0 Å². The normalized spacial score (nSPS) is 11.5. The molecule has 0 rings (SSSR count). The van der Waals surface area contributed by atoms with E-state index < -0.39 is 17.9 Å². The van der Waals surface area contributed by atoms with E-state index in [1.807, 2.05) is 0 Å². The summed E-state index contributed by atoms with van der Waals surface area (Å²) in [6.07, 6.45) is 1.41. The molecule has 0 heterocycles. The van der Waals surface area contributed by atoms with E-state index in [2.05, 4.69) is 17.9 Å². The van der Waals surface area contributed by atoms with Crippen LogP contribution in [0, 0.1) is 5.92 Å². The average Bonchev–Trinajstić information content (AvgIpc) is 2.02. The molecule has 0 aromatic rings. The zero-order valence-electron chi connectivity index (χ0n) is 7.29. The van der Waals surface area contributed by atoms with Crippen molar-refractivity contribution in [2.45, 2.75) is 13.8 Å². The third-order valence-electron chi connectivity index (χ3n) is 1.27. The highest BCUT2D eigenvalue weighted by atomic mass is 16.6. The van der Waals surface area contributed by atoms with Gasteiger partial charge in [0.05, 0.1) is 5.92 Å². The molecule has 0 amide bonds. The Hall–Kier alpha value is -1.38. The standard InChI is InChI=1S/C9H12O3/c1-5-7(4)9(11)12-8(10)6(2)3/h5,7H,1-2H2,3-4H3. The van der Waals surface area contributed by atoms with Crippen molar-refractivity contribution in [3.8, 4) is 0 Å². The number of ether oxygens (including phenoxy) is 1. The van der Waals surface area contributed by atoms with Gasteiger partial charge in [-0.2, -0.15) is 0 Å².